The molecule has 0 radical (unpaired) electrons. The summed E-state index contributed by atoms with van der Waals surface area (Å²) in [6, 6.07) is 6.15. The fraction of sp³-hybridized carbons (Fsp3) is 0.467. The number of nitrogens with zero attached hydrogens (tertiary/aromatic N) is 1. The van der Waals surface area contributed by atoms with Gasteiger partial charge in [-0.05, 0) is 32.9 Å². The maximum absolute atomic E-state index is 9.98. The summed E-state index contributed by atoms with van der Waals surface area (Å²) in [4.78, 5) is 2.19. The molecule has 0 bridgehead atoms. The van der Waals surface area contributed by atoms with E-state index in [1.54, 1.807) is 14.0 Å². The Kier molecular flexibility index (Phi) is 5.23. The van der Waals surface area contributed by atoms with Crippen LogP contribution < -0.4 is 9.64 Å². The van der Waals surface area contributed by atoms with Crippen LogP contribution in [0.1, 0.15) is 32.4 Å². The van der Waals surface area contributed by atoms with Gasteiger partial charge in [0.2, 0.25) is 0 Å². The molecule has 18 heavy (non-hydrogen) atoms. The minimum atomic E-state index is -0.567. The molecule has 0 fully saturated rings. The first-order chi connectivity index (χ1) is 8.52. The van der Waals surface area contributed by atoms with Crippen LogP contribution in [-0.2, 0) is 0 Å². The molecule has 3 nitrogen and oxygen atoms in total. The average Bonchev–Trinajstić information content (AvgIpc) is 2.34. The van der Waals surface area contributed by atoms with Crippen LogP contribution in [-0.4, -0.2) is 24.8 Å². The van der Waals surface area contributed by atoms with Crippen LogP contribution in [0.25, 0.3) is 0 Å². The van der Waals surface area contributed by atoms with Gasteiger partial charge < -0.3 is 14.7 Å². The SMILES string of the molecule is C=CCN(c1cccc(OC)c1[C@@H](C)O)C(C)C. The van der Waals surface area contributed by atoms with Gasteiger partial charge in [-0.25, -0.2) is 0 Å². The number of hydrogen-bond acceptors (Lipinski definition) is 3. The molecule has 1 aromatic rings. The third-order valence-corrected chi connectivity index (χ3v) is 2.94. The topological polar surface area (TPSA) is 32.7 Å². The van der Waals surface area contributed by atoms with Gasteiger partial charge in [-0.3, -0.25) is 0 Å². The Bertz CT molecular complexity index is 399. The molecule has 0 spiro atoms. The van der Waals surface area contributed by atoms with Gasteiger partial charge in [0.25, 0.3) is 0 Å². The van der Waals surface area contributed by atoms with Crippen molar-refractivity contribution in [2.24, 2.45) is 0 Å². The summed E-state index contributed by atoms with van der Waals surface area (Å²) >= 11 is 0. The van der Waals surface area contributed by atoms with Gasteiger partial charge in [-0.1, -0.05) is 12.1 Å². The minimum Gasteiger partial charge on any atom is -0.496 e. The number of aliphatic hydroxyl groups is 1. The summed E-state index contributed by atoms with van der Waals surface area (Å²) in [5.74, 6) is 0.720. The number of hydrogen-bond donors (Lipinski definition) is 1. The lowest BCUT2D eigenvalue weighted by Gasteiger charge is -2.31. The van der Waals surface area contributed by atoms with Crippen molar-refractivity contribution in [3.63, 3.8) is 0 Å². The minimum absolute atomic E-state index is 0.326. The molecule has 0 aliphatic heterocycles. The largest absolute Gasteiger partial charge is 0.496 e. The maximum atomic E-state index is 9.98. The van der Waals surface area contributed by atoms with Crippen LogP contribution in [0.4, 0.5) is 5.69 Å². The summed E-state index contributed by atoms with van der Waals surface area (Å²) in [6.07, 6.45) is 1.30. The molecule has 0 saturated carbocycles. The zero-order valence-electron chi connectivity index (χ0n) is 11.7. The molecular formula is C15H23NO2. The fourth-order valence-electron chi connectivity index (χ4n) is 2.11. The molecule has 3 heteroatoms. The summed E-state index contributed by atoms with van der Waals surface area (Å²) in [6.45, 7) is 10.5. The van der Waals surface area contributed by atoms with E-state index in [9.17, 15) is 5.11 Å². The van der Waals surface area contributed by atoms with E-state index in [0.29, 0.717) is 6.04 Å². The third kappa shape index (κ3) is 3.05. The fourth-order valence-corrected chi connectivity index (χ4v) is 2.11. The van der Waals surface area contributed by atoms with Crippen LogP contribution >= 0.6 is 0 Å². The summed E-state index contributed by atoms with van der Waals surface area (Å²) < 4.78 is 5.34. The highest BCUT2D eigenvalue weighted by molar-refractivity contribution is 5.61. The predicted molar refractivity (Wildman–Crippen MR) is 76.3 cm³/mol. The number of anilines is 1. The van der Waals surface area contributed by atoms with Gasteiger partial charge in [0.05, 0.1) is 13.2 Å². The molecule has 1 atom stereocenters. The normalized spacial score (nSPS) is 12.3. The van der Waals surface area contributed by atoms with Gasteiger partial charge in [-0.2, -0.15) is 0 Å². The Morgan fingerprint density at radius 2 is 2.06 bits per heavy atom. The van der Waals surface area contributed by atoms with E-state index in [2.05, 4.69) is 25.3 Å². The lowest BCUT2D eigenvalue weighted by molar-refractivity contribution is 0.194. The number of ether oxygens (including phenoxy) is 1. The van der Waals surface area contributed by atoms with E-state index in [0.717, 1.165) is 23.5 Å². The molecule has 1 aromatic carbocycles. The predicted octanol–water partition coefficient (Wildman–Crippen LogP) is 3.15. The van der Waals surface area contributed by atoms with Crippen LogP contribution in [0.3, 0.4) is 0 Å². The van der Waals surface area contributed by atoms with Crippen LogP contribution in [0.5, 0.6) is 5.75 Å². The van der Waals surface area contributed by atoms with Crippen molar-refractivity contribution in [3.8, 4) is 5.75 Å². The standard InChI is InChI=1S/C15H23NO2/c1-6-10-16(11(2)3)13-8-7-9-14(18-5)15(13)12(4)17/h6-9,11-12,17H,1,10H2,2-5H3/t12-/m1/s1. The summed E-state index contributed by atoms with van der Waals surface area (Å²) in [5, 5.41) is 9.98. The van der Waals surface area contributed by atoms with Gasteiger partial charge in [-0.15, -0.1) is 6.58 Å². The third-order valence-electron chi connectivity index (χ3n) is 2.94. The lowest BCUT2D eigenvalue weighted by Crippen LogP contribution is -2.32. The zero-order chi connectivity index (χ0) is 13.7. The number of benzene rings is 1. The Balaban J connectivity index is 3.32. The quantitative estimate of drug-likeness (QED) is 0.786. The molecule has 100 valence electrons. The Morgan fingerprint density at radius 1 is 1.39 bits per heavy atom. The average molecular weight is 249 g/mol. The molecule has 1 N–H and O–H groups in total. The zero-order valence-corrected chi connectivity index (χ0v) is 11.7. The highest BCUT2D eigenvalue weighted by atomic mass is 16.5. The van der Waals surface area contributed by atoms with E-state index in [4.69, 9.17) is 4.74 Å². The lowest BCUT2D eigenvalue weighted by atomic mass is 10.0. The van der Waals surface area contributed by atoms with Gasteiger partial charge in [0.15, 0.2) is 0 Å². The molecule has 0 aliphatic carbocycles. The number of aliphatic hydroxyl groups excluding tert-OH is 1. The first kappa shape index (κ1) is 14.6. The highest BCUT2D eigenvalue weighted by Gasteiger charge is 2.19. The van der Waals surface area contributed by atoms with Crippen molar-refractivity contribution >= 4 is 5.69 Å². The molecule has 0 aromatic heterocycles. The highest BCUT2D eigenvalue weighted by Crippen LogP contribution is 2.35. The van der Waals surface area contributed by atoms with Crippen molar-refractivity contribution in [1.29, 1.82) is 0 Å². The molecule has 0 heterocycles. The van der Waals surface area contributed by atoms with Gasteiger partial charge >= 0.3 is 0 Å². The maximum Gasteiger partial charge on any atom is 0.126 e. The second kappa shape index (κ2) is 6.45. The molecule has 1 rings (SSSR count). The first-order valence-corrected chi connectivity index (χ1v) is 6.25. The molecule has 0 aliphatic rings. The number of methoxy groups -OCH3 is 1. The van der Waals surface area contributed by atoms with Gasteiger partial charge in [0.1, 0.15) is 5.75 Å². The Hall–Kier alpha value is -1.48. The van der Waals surface area contributed by atoms with Crippen LogP contribution in [0.15, 0.2) is 30.9 Å². The van der Waals surface area contributed by atoms with E-state index in [1.165, 1.54) is 0 Å². The monoisotopic (exact) mass is 249 g/mol. The second-order valence-electron chi connectivity index (χ2n) is 4.60. The molecular weight excluding hydrogens is 226 g/mol. The van der Waals surface area contributed by atoms with E-state index < -0.39 is 6.10 Å². The first-order valence-electron chi connectivity index (χ1n) is 6.25. The second-order valence-corrected chi connectivity index (χ2v) is 4.60. The molecule has 0 amide bonds. The smallest absolute Gasteiger partial charge is 0.126 e. The number of rotatable bonds is 6. The van der Waals surface area contributed by atoms with Crippen molar-refractivity contribution < 1.29 is 9.84 Å². The summed E-state index contributed by atoms with van der Waals surface area (Å²) in [5.41, 5.74) is 1.83. The van der Waals surface area contributed by atoms with Crippen molar-refractivity contribution in [3.05, 3.63) is 36.4 Å². The van der Waals surface area contributed by atoms with E-state index in [-0.39, 0.29) is 0 Å². The van der Waals surface area contributed by atoms with E-state index >= 15 is 0 Å². The van der Waals surface area contributed by atoms with Gasteiger partial charge in [0, 0.05) is 23.8 Å². The Morgan fingerprint density at radius 3 is 2.50 bits per heavy atom. The molecule has 0 unspecified atom stereocenters. The Labute approximate surface area is 110 Å². The van der Waals surface area contributed by atoms with Crippen molar-refractivity contribution in [1.82, 2.24) is 0 Å². The van der Waals surface area contributed by atoms with Crippen LogP contribution in [0, 0.1) is 0 Å². The summed E-state index contributed by atoms with van der Waals surface area (Å²) in [7, 11) is 1.62. The van der Waals surface area contributed by atoms with Crippen LogP contribution in [0.2, 0.25) is 0 Å². The van der Waals surface area contributed by atoms with E-state index in [1.807, 2.05) is 24.3 Å². The molecule has 0 saturated heterocycles. The van der Waals surface area contributed by atoms with Crippen molar-refractivity contribution in [2.75, 3.05) is 18.6 Å². The van der Waals surface area contributed by atoms with Crippen molar-refractivity contribution in [2.45, 2.75) is 32.9 Å².